The van der Waals surface area contributed by atoms with Crippen LogP contribution in [0.25, 0.3) is 0 Å². The number of allylic oxidation sites excluding steroid dienone is 4. The number of hydrogen-bond acceptors (Lipinski definition) is 0. The summed E-state index contributed by atoms with van der Waals surface area (Å²) in [4.78, 5) is 0. The van der Waals surface area contributed by atoms with E-state index in [1.807, 2.05) is 12.1 Å². The van der Waals surface area contributed by atoms with Crippen LogP contribution in [0.2, 0.25) is 0 Å². The third-order valence-corrected chi connectivity index (χ3v) is 2.14. The molecule has 1 aliphatic carbocycles. The molecule has 2 rings (SSSR count). The minimum absolute atomic E-state index is 0. The van der Waals surface area contributed by atoms with Gasteiger partial charge >= 0.3 is 0 Å². The summed E-state index contributed by atoms with van der Waals surface area (Å²) in [6, 6.07) is 11.3. The molecule has 0 nitrogen and oxygen atoms in total. The molecule has 0 saturated carbocycles. The number of benzene rings is 1. The van der Waals surface area contributed by atoms with Gasteiger partial charge in [0.25, 0.3) is 0 Å². The van der Waals surface area contributed by atoms with Crippen molar-refractivity contribution in [1.29, 1.82) is 0 Å². The summed E-state index contributed by atoms with van der Waals surface area (Å²) in [6.45, 7) is 0. The molecule has 0 fully saturated rings. The van der Waals surface area contributed by atoms with Crippen LogP contribution >= 0.6 is 0 Å². The zero-order valence-corrected chi connectivity index (χ0v) is 11.0. The molecule has 1 aromatic rings. The minimum atomic E-state index is 0. The minimum Gasteiger partial charge on any atom is -0.271 e. The first kappa shape index (κ1) is 11.9. The molecule has 0 bridgehead atoms. The van der Waals surface area contributed by atoms with Crippen molar-refractivity contribution < 1.29 is 32.7 Å². The van der Waals surface area contributed by atoms with E-state index in [0.29, 0.717) is 0 Å². The molecule has 0 amide bonds. The second-order valence-corrected chi connectivity index (χ2v) is 3.21. The molecule has 0 saturated heterocycles. The second-order valence-electron chi connectivity index (χ2n) is 3.21. The zero-order valence-electron chi connectivity index (χ0n) is 8.16. The van der Waals surface area contributed by atoms with Crippen LogP contribution in [0.1, 0.15) is 18.4 Å². The summed E-state index contributed by atoms with van der Waals surface area (Å²) in [5, 5.41) is 0. The number of rotatable bonds is 2. The van der Waals surface area contributed by atoms with Gasteiger partial charge in [0.2, 0.25) is 0 Å². The fourth-order valence-corrected chi connectivity index (χ4v) is 1.47. The van der Waals surface area contributed by atoms with Crippen molar-refractivity contribution in [2.24, 2.45) is 0 Å². The van der Waals surface area contributed by atoms with E-state index < -0.39 is 0 Å². The van der Waals surface area contributed by atoms with Crippen molar-refractivity contribution >= 4 is 0 Å². The number of hydrogen-bond donors (Lipinski definition) is 0. The van der Waals surface area contributed by atoms with Crippen LogP contribution in [-0.4, -0.2) is 0 Å². The largest absolute Gasteiger partial charge is 0.271 e. The van der Waals surface area contributed by atoms with Gasteiger partial charge in [0.1, 0.15) is 0 Å². The van der Waals surface area contributed by atoms with E-state index in [9.17, 15) is 0 Å². The van der Waals surface area contributed by atoms with Crippen LogP contribution < -0.4 is 0 Å². The van der Waals surface area contributed by atoms with Crippen LogP contribution in [-0.2, 0) is 39.1 Å². The maximum atomic E-state index is 3.38. The molecule has 69 valence electrons. The van der Waals surface area contributed by atoms with Crippen molar-refractivity contribution in [2.45, 2.75) is 19.3 Å². The Hall–Kier alpha value is -0.196. The van der Waals surface area contributed by atoms with Gasteiger partial charge in [-0.15, -0.1) is 6.42 Å². The molecule has 1 aliphatic rings. The quantitative estimate of drug-likeness (QED) is 0.714. The summed E-state index contributed by atoms with van der Waals surface area (Å²) in [7, 11) is 0. The van der Waals surface area contributed by atoms with Gasteiger partial charge in [0, 0.05) is 32.7 Å². The topological polar surface area (TPSA) is 0 Å². The predicted octanol–water partition coefficient (Wildman–Crippen LogP) is 3.11. The maximum Gasteiger partial charge on any atom is 0 e. The Kier molecular flexibility index (Phi) is 5.36. The van der Waals surface area contributed by atoms with E-state index in [1.165, 1.54) is 11.1 Å². The summed E-state index contributed by atoms with van der Waals surface area (Å²) >= 11 is 0. The fourth-order valence-electron chi connectivity index (χ4n) is 1.47. The van der Waals surface area contributed by atoms with Crippen LogP contribution in [0.4, 0.5) is 0 Å². The maximum absolute atomic E-state index is 3.38. The molecule has 1 radical (unpaired) electrons. The molecule has 0 unspecified atom stereocenters. The third kappa shape index (κ3) is 3.51. The summed E-state index contributed by atoms with van der Waals surface area (Å²) < 4.78 is 0. The predicted molar refractivity (Wildman–Crippen MR) is 54.1 cm³/mol. The standard InChI is InChI=1S/C13H12.Y/c1-3-7-12(8-4-1)11-13-9-5-2-6-10-13;/h1,3-5,7,9H,2,6,11H2;/q-2;. The normalized spacial score (nSPS) is 14.4. The molecular formula is C13H12Y-2. The fraction of sp³-hybridized carbons (Fsp3) is 0.231. The summed E-state index contributed by atoms with van der Waals surface area (Å²) in [5.41, 5.74) is 2.55. The van der Waals surface area contributed by atoms with Crippen LogP contribution in [0, 0.1) is 12.1 Å². The third-order valence-electron chi connectivity index (χ3n) is 2.14. The molecule has 14 heavy (non-hydrogen) atoms. The first-order valence-corrected chi connectivity index (χ1v) is 4.67. The Labute approximate surface area is 111 Å². The first-order valence-electron chi connectivity index (χ1n) is 4.67. The second kappa shape index (κ2) is 6.32. The Balaban J connectivity index is 0.000000980. The van der Waals surface area contributed by atoms with E-state index in [0.717, 1.165) is 19.3 Å². The Morgan fingerprint density at radius 3 is 2.86 bits per heavy atom. The molecule has 0 spiro atoms. The molecule has 1 heteroatoms. The van der Waals surface area contributed by atoms with Gasteiger partial charge < -0.3 is 0 Å². The first-order chi connectivity index (χ1) is 6.45. The average Bonchev–Trinajstić information content (AvgIpc) is 2.21. The molecule has 0 atom stereocenters. The van der Waals surface area contributed by atoms with Crippen LogP contribution in [0.15, 0.2) is 42.0 Å². The SMILES string of the molecule is [C-]1=C(Cc2[c-]cccc2)C=CCC1.[Y]. The van der Waals surface area contributed by atoms with Crippen molar-refractivity contribution in [1.82, 2.24) is 0 Å². The van der Waals surface area contributed by atoms with Crippen LogP contribution in [0.5, 0.6) is 0 Å². The molecule has 0 aliphatic heterocycles. The van der Waals surface area contributed by atoms with E-state index >= 15 is 0 Å². The van der Waals surface area contributed by atoms with Crippen molar-refractivity contribution in [3.63, 3.8) is 0 Å². The summed E-state index contributed by atoms with van der Waals surface area (Å²) in [5.74, 6) is 0. The van der Waals surface area contributed by atoms with Crippen molar-refractivity contribution in [2.75, 3.05) is 0 Å². The summed E-state index contributed by atoms with van der Waals surface area (Å²) in [6.07, 6.45) is 10.9. The monoisotopic (exact) mass is 257 g/mol. The average molecular weight is 257 g/mol. The molecule has 0 heterocycles. The van der Waals surface area contributed by atoms with Crippen LogP contribution in [0.3, 0.4) is 0 Å². The van der Waals surface area contributed by atoms with Gasteiger partial charge in [-0.1, -0.05) is 12.8 Å². The Bertz CT molecular complexity index is 322. The molecular weight excluding hydrogens is 245 g/mol. The Morgan fingerprint density at radius 2 is 2.21 bits per heavy atom. The van der Waals surface area contributed by atoms with E-state index in [1.54, 1.807) is 0 Å². The van der Waals surface area contributed by atoms with Gasteiger partial charge in [-0.2, -0.15) is 42.0 Å². The molecule has 0 N–H and O–H groups in total. The molecule has 1 aromatic carbocycles. The van der Waals surface area contributed by atoms with E-state index in [4.69, 9.17) is 0 Å². The van der Waals surface area contributed by atoms with Gasteiger partial charge in [0.15, 0.2) is 0 Å². The van der Waals surface area contributed by atoms with Crippen molar-refractivity contribution in [3.8, 4) is 0 Å². The van der Waals surface area contributed by atoms with Gasteiger partial charge in [-0.05, 0) is 0 Å². The zero-order chi connectivity index (χ0) is 8.93. The van der Waals surface area contributed by atoms with E-state index in [-0.39, 0.29) is 32.7 Å². The van der Waals surface area contributed by atoms with Gasteiger partial charge in [-0.3, -0.25) is 6.08 Å². The molecule has 0 aromatic heterocycles. The van der Waals surface area contributed by atoms with Crippen molar-refractivity contribution in [3.05, 3.63) is 59.7 Å². The van der Waals surface area contributed by atoms with Gasteiger partial charge in [-0.25, -0.2) is 11.6 Å². The van der Waals surface area contributed by atoms with E-state index in [2.05, 4.69) is 36.4 Å². The van der Waals surface area contributed by atoms with Gasteiger partial charge in [0.05, 0.1) is 0 Å². The Morgan fingerprint density at radius 1 is 1.29 bits per heavy atom. The smallest absolute Gasteiger partial charge is 0 e.